The first-order chi connectivity index (χ1) is 34.9. The molecule has 2 aliphatic rings. The zero-order valence-electron chi connectivity index (χ0n) is 49.2. The molecule has 0 bridgehead atoms. The molecule has 2 aromatic heterocycles. The molecule has 4 unspecified atom stereocenters. The van der Waals surface area contributed by atoms with E-state index < -0.39 is 92.3 Å². The summed E-state index contributed by atoms with van der Waals surface area (Å²) >= 11 is -0.364. The fourth-order valence-corrected chi connectivity index (χ4v) is 9.99. The minimum absolute atomic E-state index is 0.0214. The van der Waals surface area contributed by atoms with Gasteiger partial charge in [0.05, 0.1) is 0 Å². The first-order valence-electron chi connectivity index (χ1n) is 27.9. The molecule has 0 amide bonds. The van der Waals surface area contributed by atoms with Gasteiger partial charge in [-0.3, -0.25) is 0 Å². The fraction of sp³-hybridized carbons (Fsp3) is 0.235. The Morgan fingerprint density at radius 2 is 1.18 bits per heavy atom. The van der Waals surface area contributed by atoms with Crippen molar-refractivity contribution in [3.05, 3.63) is 151 Å². The van der Waals surface area contributed by atoms with Gasteiger partial charge in [0.15, 0.2) is 0 Å². The molecule has 0 saturated heterocycles. The van der Waals surface area contributed by atoms with Crippen molar-refractivity contribution in [2.45, 2.75) is 75.6 Å². The summed E-state index contributed by atoms with van der Waals surface area (Å²) in [6, 6.07) is 39.8. The van der Waals surface area contributed by atoms with Crippen molar-refractivity contribution >= 4 is 33.8 Å². The maximum absolute atomic E-state index is 10.6. The van der Waals surface area contributed by atoms with Crippen LogP contribution in [0.1, 0.15) is 114 Å². The summed E-state index contributed by atoms with van der Waals surface area (Å²) in [5, 5.41) is 13.3. The third kappa shape index (κ3) is 6.36. The summed E-state index contributed by atoms with van der Waals surface area (Å²) in [5.74, 6) is -7.62. The molecule has 8 aromatic rings. The van der Waals surface area contributed by atoms with Gasteiger partial charge in [-0.2, -0.15) is 0 Å². The standard InChI is InChI=1S/C51H45N3Se/c1-4-16-34(17-5-1)37-22-10-11-23-39(37)40-24-12-13-25-41(40)42-30-31-47-51(43-26-14-15-27-46(43)55-47)49(42)44-29-28-38(35-18-6-2-7-19-35)48(36-20-8-3-9-21-36)50(44)45-32-33-52-54-53-45/h1,4-5,10-17,22-33,35-36H,2-3,6-9,18-21H2/i2D2,3D2,6D2,7D2,8D2,9D2,18D,19D2,20D,21D2,35D,36D. The van der Waals surface area contributed by atoms with Crippen LogP contribution in [0.25, 0.3) is 75.1 Å². The average molecular weight is 799 g/mol. The van der Waals surface area contributed by atoms with Crippen LogP contribution in [0.4, 0.5) is 0 Å². The van der Waals surface area contributed by atoms with Gasteiger partial charge in [-0.1, -0.05) is 0 Å². The molecule has 4 heteroatoms. The van der Waals surface area contributed by atoms with Gasteiger partial charge in [0.2, 0.25) is 0 Å². The molecule has 2 heterocycles. The predicted molar refractivity (Wildman–Crippen MR) is 231 cm³/mol. The third-order valence-electron chi connectivity index (χ3n) is 9.95. The van der Waals surface area contributed by atoms with Gasteiger partial charge in [0.1, 0.15) is 0 Å². The molecular weight excluding hydrogens is 734 g/mol. The number of rotatable bonds is 7. The summed E-state index contributed by atoms with van der Waals surface area (Å²) in [4.78, 5) is 0. The summed E-state index contributed by atoms with van der Waals surface area (Å²) in [6.07, 6.45) is -36.3. The van der Waals surface area contributed by atoms with Crippen molar-refractivity contribution in [3.63, 3.8) is 0 Å². The van der Waals surface area contributed by atoms with Gasteiger partial charge < -0.3 is 0 Å². The summed E-state index contributed by atoms with van der Waals surface area (Å²) in [5.41, 5.74) is 1.68. The number of benzene rings is 6. The molecule has 2 fully saturated rings. The predicted octanol–water partition coefficient (Wildman–Crippen LogP) is 13.7. The SMILES string of the molecule is [2H]C1C([2H])([2H])C([2H])([2H])C([2H])([2H])C([2H])([2H])C1([2H])c1ccc(-c2c(-c3ccccc3-c3ccccc3-c3ccccc3)ccc3[se]c4ccccc4c23)c(-c2ccnnn2)c1C1([2H])C([2H])C([2H])([2H])C([2H])([2H])C([2H])([2H])C1([2H])[2H]. The molecule has 6 aromatic carbocycles. The Bertz CT molecular complexity index is 3570. The van der Waals surface area contributed by atoms with Crippen molar-refractivity contribution in [2.24, 2.45) is 0 Å². The Morgan fingerprint density at radius 3 is 1.96 bits per heavy atom. The molecule has 0 radical (unpaired) electrons. The first kappa shape index (κ1) is 19.1. The zero-order chi connectivity index (χ0) is 54.5. The summed E-state index contributed by atoms with van der Waals surface area (Å²) in [6.45, 7) is 0. The third-order valence-corrected chi connectivity index (χ3v) is 12.3. The van der Waals surface area contributed by atoms with Crippen LogP contribution in [0.3, 0.4) is 0 Å². The quantitative estimate of drug-likeness (QED) is 0.151. The molecule has 0 spiro atoms. The van der Waals surface area contributed by atoms with E-state index in [4.69, 9.17) is 16.4 Å². The number of nitrogens with zero attached hydrogens (tertiary/aromatic N) is 3. The average Bonchev–Trinajstić information content (AvgIpc) is 3.88. The van der Waals surface area contributed by atoms with Crippen molar-refractivity contribution < 1.29 is 27.4 Å². The molecule has 55 heavy (non-hydrogen) atoms. The van der Waals surface area contributed by atoms with E-state index in [1.165, 1.54) is 12.1 Å². The van der Waals surface area contributed by atoms with E-state index in [0.29, 0.717) is 22.1 Å². The van der Waals surface area contributed by atoms with Crippen molar-refractivity contribution in [2.75, 3.05) is 0 Å². The summed E-state index contributed by atoms with van der Waals surface area (Å²) < 4.78 is 187. The topological polar surface area (TPSA) is 38.7 Å². The number of fused-ring (bicyclic) bond motifs is 3. The minimum atomic E-state index is -4.07. The van der Waals surface area contributed by atoms with Crippen LogP contribution in [0.2, 0.25) is 0 Å². The van der Waals surface area contributed by atoms with Gasteiger partial charge in [-0.15, -0.1) is 0 Å². The molecule has 0 aliphatic heterocycles. The zero-order valence-corrected chi connectivity index (χ0v) is 30.9. The van der Waals surface area contributed by atoms with Crippen LogP contribution in [0.15, 0.2) is 140 Å². The molecule has 2 aliphatic carbocycles. The Kier molecular flexibility index (Phi) is 5.28. The second kappa shape index (κ2) is 15.2. The van der Waals surface area contributed by atoms with Crippen LogP contribution in [-0.2, 0) is 0 Å². The Morgan fingerprint density at radius 1 is 0.527 bits per heavy atom. The molecular formula is C51H45N3Se. The fourth-order valence-electron chi connectivity index (χ4n) is 7.65. The van der Waals surface area contributed by atoms with E-state index in [0.717, 1.165) is 48.4 Å². The first-order valence-corrected chi connectivity index (χ1v) is 19.5. The molecule has 4 atom stereocenters. The summed E-state index contributed by atoms with van der Waals surface area (Å²) in [7, 11) is 0. The van der Waals surface area contributed by atoms with Crippen molar-refractivity contribution in [3.8, 4) is 55.8 Å². The Labute approximate surface area is 358 Å². The molecule has 270 valence electrons. The number of aromatic nitrogens is 3. The molecule has 3 nitrogen and oxygen atoms in total. The number of hydrogen-bond acceptors (Lipinski definition) is 3. The molecule has 0 N–H and O–H groups in total. The van der Waals surface area contributed by atoms with E-state index in [1.54, 1.807) is 0 Å². The van der Waals surface area contributed by atoms with E-state index in [1.807, 2.05) is 115 Å². The van der Waals surface area contributed by atoms with Gasteiger partial charge in [-0.05, 0) is 0 Å². The van der Waals surface area contributed by atoms with E-state index in [-0.39, 0.29) is 25.8 Å². The monoisotopic (exact) mass is 799 g/mol. The van der Waals surface area contributed by atoms with E-state index in [2.05, 4.69) is 15.4 Å². The van der Waals surface area contributed by atoms with Gasteiger partial charge in [0, 0.05) is 0 Å². The van der Waals surface area contributed by atoms with Crippen molar-refractivity contribution in [1.29, 1.82) is 0 Å². The second-order valence-corrected chi connectivity index (χ2v) is 15.3. The van der Waals surface area contributed by atoms with Crippen LogP contribution < -0.4 is 0 Å². The van der Waals surface area contributed by atoms with E-state index >= 15 is 0 Å². The van der Waals surface area contributed by atoms with E-state index in [9.17, 15) is 11.0 Å². The normalized spacial score (nSPS) is 35.5. The van der Waals surface area contributed by atoms with Crippen LogP contribution in [-0.4, -0.2) is 29.9 Å². The van der Waals surface area contributed by atoms with Gasteiger partial charge >= 0.3 is 359 Å². The van der Waals surface area contributed by atoms with Crippen LogP contribution >= 0.6 is 0 Å². The van der Waals surface area contributed by atoms with Gasteiger partial charge in [-0.25, -0.2) is 0 Å². The van der Waals surface area contributed by atoms with Gasteiger partial charge in [0.25, 0.3) is 0 Å². The molecule has 10 rings (SSSR count). The Hall–Kier alpha value is -5.15. The second-order valence-electron chi connectivity index (χ2n) is 13.0. The maximum atomic E-state index is 10.6. The van der Waals surface area contributed by atoms with Crippen LogP contribution in [0, 0.1) is 0 Å². The molecule has 2 saturated carbocycles. The van der Waals surface area contributed by atoms with Crippen molar-refractivity contribution in [1.82, 2.24) is 15.4 Å². The number of hydrogen-bond donors (Lipinski definition) is 0. The van der Waals surface area contributed by atoms with Crippen LogP contribution in [0.5, 0.6) is 0 Å². The Balaban J connectivity index is 1.45.